The molecule has 144 valence electrons. The fourth-order valence-electron chi connectivity index (χ4n) is 2.92. The molecule has 0 fully saturated rings. The summed E-state index contributed by atoms with van der Waals surface area (Å²) in [5.74, 6) is -0.369. The number of fused-ring (bicyclic) bond motifs is 1. The topological polar surface area (TPSA) is 65.7 Å². The Morgan fingerprint density at radius 3 is 2.45 bits per heavy atom. The minimum absolute atomic E-state index is 0.0846. The second-order valence-electron chi connectivity index (χ2n) is 6.26. The lowest BCUT2D eigenvalue weighted by Gasteiger charge is -2.07. The lowest BCUT2D eigenvalue weighted by atomic mass is 10.1. The third-order valence-corrected chi connectivity index (χ3v) is 4.42. The zero-order valence-corrected chi connectivity index (χ0v) is 15.3. The van der Waals surface area contributed by atoms with Gasteiger partial charge < -0.3 is 13.9 Å². The van der Waals surface area contributed by atoms with Gasteiger partial charge in [0.2, 0.25) is 0 Å². The van der Waals surface area contributed by atoms with Crippen LogP contribution in [0.1, 0.15) is 10.4 Å². The summed E-state index contributed by atoms with van der Waals surface area (Å²) in [5.41, 5.74) is 1.25. The molecule has 0 aliphatic heterocycles. The van der Waals surface area contributed by atoms with Crippen molar-refractivity contribution in [3.8, 4) is 22.6 Å². The first-order valence-corrected chi connectivity index (χ1v) is 8.73. The van der Waals surface area contributed by atoms with E-state index >= 15 is 0 Å². The Hall–Kier alpha value is -3.93. The van der Waals surface area contributed by atoms with Gasteiger partial charge in [-0.15, -0.1) is 0 Å². The van der Waals surface area contributed by atoms with Crippen LogP contribution < -0.4 is 14.9 Å². The van der Waals surface area contributed by atoms with E-state index in [1.165, 1.54) is 42.7 Å². The van der Waals surface area contributed by atoms with E-state index in [1.54, 1.807) is 31.4 Å². The summed E-state index contributed by atoms with van der Waals surface area (Å²) in [5, 5.41) is 0.351. The van der Waals surface area contributed by atoms with Gasteiger partial charge in [0, 0.05) is 6.07 Å². The average Bonchev–Trinajstić information content (AvgIpc) is 2.74. The molecule has 0 aliphatic carbocycles. The van der Waals surface area contributed by atoms with Crippen molar-refractivity contribution in [2.75, 3.05) is 7.11 Å². The number of hydrogen-bond acceptors (Lipinski definition) is 5. The van der Waals surface area contributed by atoms with E-state index in [9.17, 15) is 14.0 Å². The van der Waals surface area contributed by atoms with Crippen molar-refractivity contribution in [1.82, 2.24) is 0 Å². The van der Waals surface area contributed by atoms with Gasteiger partial charge in [-0.3, -0.25) is 4.79 Å². The summed E-state index contributed by atoms with van der Waals surface area (Å²) in [6.07, 6.45) is 1.37. The van der Waals surface area contributed by atoms with Crippen LogP contribution in [0.5, 0.6) is 11.5 Å². The minimum atomic E-state index is -0.707. The van der Waals surface area contributed by atoms with Gasteiger partial charge in [0.05, 0.1) is 23.6 Å². The molecular weight excluding hydrogens is 375 g/mol. The van der Waals surface area contributed by atoms with E-state index in [2.05, 4.69) is 0 Å². The standard InChI is InChI=1S/C23H15FO5/c1-27-17-7-5-14(6-8-17)20-13-28-21-12-18(9-10-19(21)22(20)25)29-23(26)15-3-2-4-16(24)11-15/h2-13H,1H3. The molecule has 0 amide bonds. The molecule has 0 bridgehead atoms. The number of esters is 1. The molecule has 0 saturated carbocycles. The van der Waals surface area contributed by atoms with Crippen LogP contribution in [0, 0.1) is 5.82 Å². The third-order valence-electron chi connectivity index (χ3n) is 4.42. The second kappa shape index (κ2) is 7.59. The molecule has 0 atom stereocenters. The second-order valence-corrected chi connectivity index (χ2v) is 6.26. The third kappa shape index (κ3) is 3.73. The Morgan fingerprint density at radius 1 is 0.966 bits per heavy atom. The summed E-state index contributed by atoms with van der Waals surface area (Å²) in [6.45, 7) is 0. The molecule has 29 heavy (non-hydrogen) atoms. The van der Waals surface area contributed by atoms with Gasteiger partial charge in [-0.1, -0.05) is 18.2 Å². The van der Waals surface area contributed by atoms with Crippen molar-refractivity contribution in [3.63, 3.8) is 0 Å². The number of halogens is 1. The summed E-state index contributed by atoms with van der Waals surface area (Å²) >= 11 is 0. The lowest BCUT2D eigenvalue weighted by molar-refractivity contribution is 0.0734. The van der Waals surface area contributed by atoms with Gasteiger partial charge in [-0.25, -0.2) is 9.18 Å². The van der Waals surface area contributed by atoms with Gasteiger partial charge >= 0.3 is 5.97 Å². The molecule has 0 aliphatic rings. The monoisotopic (exact) mass is 390 g/mol. The Morgan fingerprint density at radius 2 is 1.72 bits per heavy atom. The highest BCUT2D eigenvalue weighted by atomic mass is 19.1. The highest BCUT2D eigenvalue weighted by Gasteiger charge is 2.13. The maximum atomic E-state index is 13.3. The van der Waals surface area contributed by atoms with Gasteiger partial charge in [0.1, 0.15) is 29.2 Å². The predicted molar refractivity (Wildman–Crippen MR) is 106 cm³/mol. The van der Waals surface area contributed by atoms with Crippen LogP contribution in [0.25, 0.3) is 22.1 Å². The zero-order valence-electron chi connectivity index (χ0n) is 15.3. The molecule has 0 N–H and O–H groups in total. The number of rotatable bonds is 4. The first-order chi connectivity index (χ1) is 14.0. The van der Waals surface area contributed by atoms with Gasteiger partial charge in [-0.2, -0.15) is 0 Å². The Bertz CT molecular complexity index is 1260. The highest BCUT2D eigenvalue weighted by Crippen LogP contribution is 2.25. The molecule has 1 aromatic heterocycles. The smallest absolute Gasteiger partial charge is 0.343 e. The molecular formula is C23H15FO5. The first-order valence-electron chi connectivity index (χ1n) is 8.73. The molecule has 4 rings (SSSR count). The van der Waals surface area contributed by atoms with Crippen LogP contribution in [0.2, 0.25) is 0 Å². The number of ether oxygens (including phenoxy) is 2. The number of benzene rings is 3. The summed E-state index contributed by atoms with van der Waals surface area (Å²) < 4.78 is 29.3. The first kappa shape index (κ1) is 18.4. The fourth-order valence-corrected chi connectivity index (χ4v) is 2.92. The molecule has 0 radical (unpaired) electrons. The summed E-state index contributed by atoms with van der Waals surface area (Å²) in [7, 11) is 1.57. The molecule has 4 aromatic rings. The minimum Gasteiger partial charge on any atom is -0.497 e. The quantitative estimate of drug-likeness (QED) is 0.369. The predicted octanol–water partition coefficient (Wildman–Crippen LogP) is 4.83. The number of carbonyl (C=O) groups is 1. The number of carbonyl (C=O) groups excluding carboxylic acids is 1. The van der Waals surface area contributed by atoms with Crippen LogP contribution in [-0.2, 0) is 0 Å². The SMILES string of the molecule is COc1ccc(-c2coc3cc(OC(=O)c4cccc(F)c4)ccc3c2=O)cc1. The fraction of sp³-hybridized carbons (Fsp3) is 0.0435. The average molecular weight is 390 g/mol. The van der Waals surface area contributed by atoms with E-state index in [1.807, 2.05) is 0 Å². The van der Waals surface area contributed by atoms with Crippen molar-refractivity contribution in [3.05, 3.63) is 94.6 Å². The van der Waals surface area contributed by atoms with Crippen LogP contribution in [0.4, 0.5) is 4.39 Å². The summed E-state index contributed by atoms with van der Waals surface area (Å²) in [4.78, 5) is 25.0. The van der Waals surface area contributed by atoms with E-state index in [4.69, 9.17) is 13.9 Å². The van der Waals surface area contributed by atoms with Crippen LogP contribution in [-0.4, -0.2) is 13.1 Å². The summed E-state index contributed by atoms with van der Waals surface area (Å²) in [6, 6.07) is 16.7. The Labute approximate surface area is 164 Å². The highest BCUT2D eigenvalue weighted by molar-refractivity contribution is 5.91. The maximum absolute atomic E-state index is 13.3. The van der Waals surface area contributed by atoms with Gasteiger partial charge in [0.15, 0.2) is 5.43 Å². The van der Waals surface area contributed by atoms with Crippen LogP contribution in [0.3, 0.4) is 0 Å². The Balaban J connectivity index is 1.65. The van der Waals surface area contributed by atoms with E-state index < -0.39 is 11.8 Å². The van der Waals surface area contributed by atoms with Crippen molar-refractivity contribution in [1.29, 1.82) is 0 Å². The largest absolute Gasteiger partial charge is 0.497 e. The van der Waals surface area contributed by atoms with Gasteiger partial charge in [-0.05, 0) is 48.0 Å². The molecule has 0 spiro atoms. The molecule has 0 saturated heterocycles. The van der Waals surface area contributed by atoms with Crippen molar-refractivity contribution in [2.45, 2.75) is 0 Å². The van der Waals surface area contributed by atoms with Crippen LogP contribution >= 0.6 is 0 Å². The van der Waals surface area contributed by atoms with Gasteiger partial charge in [0.25, 0.3) is 0 Å². The maximum Gasteiger partial charge on any atom is 0.343 e. The normalized spacial score (nSPS) is 10.7. The van der Waals surface area contributed by atoms with Crippen LogP contribution in [0.15, 0.2) is 82.2 Å². The van der Waals surface area contributed by atoms with E-state index in [0.717, 1.165) is 6.07 Å². The zero-order chi connectivity index (χ0) is 20.4. The van der Waals surface area contributed by atoms with E-state index in [0.29, 0.717) is 22.3 Å². The van der Waals surface area contributed by atoms with Crippen molar-refractivity contribution >= 4 is 16.9 Å². The lowest BCUT2D eigenvalue weighted by Crippen LogP contribution is -2.09. The number of hydrogen-bond donors (Lipinski definition) is 0. The molecule has 3 aromatic carbocycles. The Kier molecular flexibility index (Phi) is 4.83. The molecule has 5 nitrogen and oxygen atoms in total. The van der Waals surface area contributed by atoms with Crippen molar-refractivity contribution < 1.29 is 23.1 Å². The number of methoxy groups -OCH3 is 1. The van der Waals surface area contributed by atoms with Crippen molar-refractivity contribution in [2.24, 2.45) is 0 Å². The van der Waals surface area contributed by atoms with E-state index in [-0.39, 0.29) is 22.3 Å². The molecule has 0 unspecified atom stereocenters. The molecule has 1 heterocycles. The molecule has 6 heteroatoms.